The average molecular weight is 517 g/mol. The van der Waals surface area contributed by atoms with Crippen LogP contribution in [-0.2, 0) is 11.3 Å². The number of aromatic nitrogens is 2. The quantitative estimate of drug-likeness (QED) is 0.293. The van der Waals surface area contributed by atoms with Gasteiger partial charge in [0.2, 0.25) is 0 Å². The van der Waals surface area contributed by atoms with Gasteiger partial charge in [0.25, 0.3) is 0 Å². The topological polar surface area (TPSA) is 67.8 Å². The first-order chi connectivity index (χ1) is 18.0. The number of aryl methyl sites for hydroxylation is 1. The van der Waals surface area contributed by atoms with E-state index in [4.69, 9.17) is 9.47 Å². The normalized spacial score (nSPS) is 13.8. The van der Waals surface area contributed by atoms with Gasteiger partial charge < -0.3 is 19.3 Å². The SMILES string of the molecule is Cc1ccsc1OC(=O)N(Cc1cccc(-c2ccc3ncnc(N4CCOCC4)c3c2)c1)CC(C)C. The highest BCUT2D eigenvalue weighted by Crippen LogP contribution is 2.30. The van der Waals surface area contributed by atoms with E-state index in [9.17, 15) is 4.79 Å². The Hall–Kier alpha value is -3.49. The minimum absolute atomic E-state index is 0.317. The Morgan fingerprint density at radius 1 is 1.11 bits per heavy atom. The molecular formula is C29H32N4O3S. The number of amides is 1. The highest BCUT2D eigenvalue weighted by atomic mass is 32.1. The van der Waals surface area contributed by atoms with Crippen molar-refractivity contribution < 1.29 is 14.3 Å². The summed E-state index contributed by atoms with van der Waals surface area (Å²) in [4.78, 5) is 26.2. The number of carbonyl (C=O) groups is 1. The standard InChI is InChI=1S/C29H32N4O3S/c1-20(2)17-33(29(34)36-28-21(3)9-14-37-28)18-22-5-4-6-23(15-22)24-7-8-26-25(16-24)27(31-19-30-26)32-10-12-35-13-11-32/h4-9,14-16,19-20H,10-13,17-18H2,1-3H3. The molecule has 0 unspecified atom stereocenters. The lowest BCUT2D eigenvalue weighted by molar-refractivity contribution is 0.122. The lowest BCUT2D eigenvalue weighted by atomic mass is 10.0. The fraction of sp³-hybridized carbons (Fsp3) is 0.345. The number of hydrogen-bond acceptors (Lipinski definition) is 7. The van der Waals surface area contributed by atoms with Crippen LogP contribution in [0.1, 0.15) is 25.0 Å². The second-order valence-corrected chi connectivity index (χ2v) is 10.6. The summed E-state index contributed by atoms with van der Waals surface area (Å²) in [6.45, 7) is 10.3. The first kappa shape index (κ1) is 25.2. The molecule has 0 bridgehead atoms. The van der Waals surface area contributed by atoms with Crippen LogP contribution >= 0.6 is 11.3 Å². The fourth-order valence-electron chi connectivity index (χ4n) is 4.57. The molecular weight excluding hydrogens is 484 g/mol. The van der Waals surface area contributed by atoms with Gasteiger partial charge in [0.15, 0.2) is 5.06 Å². The minimum atomic E-state index is -0.317. The van der Waals surface area contributed by atoms with Gasteiger partial charge in [-0.2, -0.15) is 0 Å². The van der Waals surface area contributed by atoms with Crippen molar-refractivity contribution in [3.8, 4) is 16.2 Å². The molecule has 0 atom stereocenters. The van der Waals surface area contributed by atoms with Crippen molar-refractivity contribution in [1.82, 2.24) is 14.9 Å². The molecule has 0 N–H and O–H groups in total. The molecule has 37 heavy (non-hydrogen) atoms. The van der Waals surface area contributed by atoms with E-state index in [1.807, 2.05) is 24.4 Å². The zero-order valence-electron chi connectivity index (χ0n) is 21.5. The number of hydrogen-bond donors (Lipinski definition) is 0. The molecule has 1 amide bonds. The number of morpholine rings is 1. The van der Waals surface area contributed by atoms with E-state index in [0.29, 0.717) is 37.3 Å². The van der Waals surface area contributed by atoms with Crippen LogP contribution in [-0.4, -0.2) is 53.8 Å². The van der Waals surface area contributed by atoms with E-state index >= 15 is 0 Å². The van der Waals surface area contributed by atoms with Crippen molar-refractivity contribution in [2.75, 3.05) is 37.7 Å². The van der Waals surface area contributed by atoms with Gasteiger partial charge >= 0.3 is 6.09 Å². The Morgan fingerprint density at radius 3 is 2.68 bits per heavy atom. The van der Waals surface area contributed by atoms with Crippen molar-refractivity contribution in [3.63, 3.8) is 0 Å². The molecule has 5 rings (SSSR count). The summed E-state index contributed by atoms with van der Waals surface area (Å²) in [5.41, 5.74) is 5.12. The monoisotopic (exact) mass is 516 g/mol. The van der Waals surface area contributed by atoms with Crippen molar-refractivity contribution in [3.05, 3.63) is 71.4 Å². The Kier molecular flexibility index (Phi) is 7.67. The maximum atomic E-state index is 13.1. The van der Waals surface area contributed by atoms with Crippen LogP contribution < -0.4 is 9.64 Å². The molecule has 3 heterocycles. The maximum Gasteiger partial charge on any atom is 0.416 e. The van der Waals surface area contributed by atoms with E-state index < -0.39 is 0 Å². The third-order valence-corrected chi connectivity index (χ3v) is 7.29. The number of nitrogens with zero attached hydrogens (tertiary/aromatic N) is 4. The summed E-state index contributed by atoms with van der Waals surface area (Å²) in [5, 5.41) is 3.62. The van der Waals surface area contributed by atoms with E-state index in [1.54, 1.807) is 11.2 Å². The largest absolute Gasteiger partial charge is 0.416 e. The predicted molar refractivity (Wildman–Crippen MR) is 148 cm³/mol. The highest BCUT2D eigenvalue weighted by molar-refractivity contribution is 7.12. The molecule has 1 fully saturated rings. The molecule has 192 valence electrons. The Labute approximate surface area is 221 Å². The summed E-state index contributed by atoms with van der Waals surface area (Å²) >= 11 is 1.44. The van der Waals surface area contributed by atoms with E-state index in [0.717, 1.165) is 52.1 Å². The van der Waals surface area contributed by atoms with E-state index in [-0.39, 0.29) is 6.09 Å². The number of benzene rings is 2. The molecule has 0 spiro atoms. The van der Waals surface area contributed by atoms with Crippen LogP contribution in [0.25, 0.3) is 22.0 Å². The Morgan fingerprint density at radius 2 is 1.92 bits per heavy atom. The molecule has 0 radical (unpaired) electrons. The van der Waals surface area contributed by atoms with Crippen LogP contribution in [0.15, 0.2) is 60.2 Å². The lowest BCUT2D eigenvalue weighted by Crippen LogP contribution is -2.36. The number of carbonyl (C=O) groups excluding carboxylic acids is 1. The first-order valence-electron chi connectivity index (χ1n) is 12.7. The molecule has 7 nitrogen and oxygen atoms in total. The van der Waals surface area contributed by atoms with Gasteiger partial charge in [-0.05, 0) is 59.2 Å². The number of rotatable bonds is 7. The number of ether oxygens (including phenoxy) is 2. The molecule has 2 aromatic carbocycles. The molecule has 1 aliphatic rings. The molecule has 0 saturated carbocycles. The fourth-order valence-corrected chi connectivity index (χ4v) is 5.34. The summed E-state index contributed by atoms with van der Waals surface area (Å²) in [7, 11) is 0. The van der Waals surface area contributed by atoms with E-state index in [1.165, 1.54) is 11.3 Å². The zero-order valence-corrected chi connectivity index (χ0v) is 22.3. The van der Waals surface area contributed by atoms with Gasteiger partial charge in [-0.1, -0.05) is 38.1 Å². The minimum Gasteiger partial charge on any atom is -0.399 e. The molecule has 1 aliphatic heterocycles. The molecule has 2 aromatic heterocycles. The van der Waals surface area contributed by atoms with Gasteiger partial charge in [-0.15, -0.1) is 11.3 Å². The van der Waals surface area contributed by atoms with Crippen molar-refractivity contribution in [2.24, 2.45) is 5.92 Å². The molecule has 8 heteroatoms. The molecule has 4 aromatic rings. The number of fused-ring (bicyclic) bond motifs is 1. The Balaban J connectivity index is 1.41. The van der Waals surface area contributed by atoms with Gasteiger partial charge in [-0.25, -0.2) is 14.8 Å². The van der Waals surface area contributed by atoms with Crippen molar-refractivity contribution in [2.45, 2.75) is 27.3 Å². The highest BCUT2D eigenvalue weighted by Gasteiger charge is 2.20. The van der Waals surface area contributed by atoms with Crippen LogP contribution in [0.4, 0.5) is 10.6 Å². The van der Waals surface area contributed by atoms with Crippen LogP contribution in [0.5, 0.6) is 5.06 Å². The van der Waals surface area contributed by atoms with Crippen LogP contribution in [0.2, 0.25) is 0 Å². The lowest BCUT2D eigenvalue weighted by Gasteiger charge is -2.28. The first-order valence-corrected chi connectivity index (χ1v) is 13.5. The van der Waals surface area contributed by atoms with Gasteiger partial charge in [-0.3, -0.25) is 0 Å². The van der Waals surface area contributed by atoms with Crippen molar-refractivity contribution in [1.29, 1.82) is 0 Å². The van der Waals surface area contributed by atoms with E-state index in [2.05, 4.69) is 65.1 Å². The Bertz CT molecular complexity index is 1380. The average Bonchev–Trinajstić information content (AvgIpc) is 3.32. The molecule has 0 aliphatic carbocycles. The van der Waals surface area contributed by atoms with Crippen molar-refractivity contribution >= 4 is 34.2 Å². The maximum absolute atomic E-state index is 13.1. The van der Waals surface area contributed by atoms with Crippen LogP contribution in [0, 0.1) is 12.8 Å². The summed E-state index contributed by atoms with van der Waals surface area (Å²) < 4.78 is 11.3. The predicted octanol–water partition coefficient (Wildman–Crippen LogP) is 6.16. The second-order valence-electron chi connectivity index (χ2n) is 9.76. The van der Waals surface area contributed by atoms with Gasteiger partial charge in [0, 0.05) is 37.1 Å². The summed E-state index contributed by atoms with van der Waals surface area (Å²) in [6.07, 6.45) is 1.32. The smallest absolute Gasteiger partial charge is 0.399 e. The number of anilines is 1. The van der Waals surface area contributed by atoms with Gasteiger partial charge in [0.05, 0.1) is 18.7 Å². The van der Waals surface area contributed by atoms with Crippen LogP contribution in [0.3, 0.4) is 0 Å². The zero-order chi connectivity index (χ0) is 25.8. The summed E-state index contributed by atoms with van der Waals surface area (Å²) in [5.74, 6) is 1.26. The van der Waals surface area contributed by atoms with Gasteiger partial charge in [0.1, 0.15) is 12.1 Å². The third-order valence-electron chi connectivity index (χ3n) is 6.40. The second kappa shape index (κ2) is 11.3. The molecule has 1 saturated heterocycles. The third kappa shape index (κ3) is 5.92. The number of thiophene rings is 1. The summed E-state index contributed by atoms with van der Waals surface area (Å²) in [6, 6.07) is 16.6.